The molecule has 0 radical (unpaired) electrons. The Labute approximate surface area is 167 Å². The van der Waals surface area contributed by atoms with E-state index in [0.29, 0.717) is 11.4 Å². The molecule has 0 aliphatic heterocycles. The van der Waals surface area contributed by atoms with Gasteiger partial charge in [-0.15, -0.1) is 0 Å². The van der Waals surface area contributed by atoms with Gasteiger partial charge < -0.3 is 4.74 Å². The number of unbranched alkanes of at least 4 members (excludes halogenated alkanes) is 1. The van der Waals surface area contributed by atoms with Gasteiger partial charge >= 0.3 is 5.97 Å². The van der Waals surface area contributed by atoms with Crippen LogP contribution in [0.1, 0.15) is 59.4 Å². The van der Waals surface area contributed by atoms with Gasteiger partial charge in [-0.3, -0.25) is 0 Å². The second-order valence-corrected chi connectivity index (χ2v) is 7.22. The van der Waals surface area contributed by atoms with E-state index in [-0.39, 0.29) is 5.97 Å². The van der Waals surface area contributed by atoms with E-state index in [1.165, 1.54) is 11.1 Å². The Bertz CT molecular complexity index is 955. The third-order valence-corrected chi connectivity index (χ3v) is 4.88. The molecule has 0 atom stereocenters. The summed E-state index contributed by atoms with van der Waals surface area (Å²) in [5.74, 6) is 0.0828. The summed E-state index contributed by atoms with van der Waals surface area (Å²) in [7, 11) is 0. The molecule has 1 aromatic heterocycles. The predicted octanol–water partition coefficient (Wildman–Crippen LogP) is 5.61. The van der Waals surface area contributed by atoms with E-state index >= 15 is 0 Å². The van der Waals surface area contributed by atoms with Gasteiger partial charge in [-0.1, -0.05) is 50.1 Å². The minimum atomic E-state index is -0.365. The maximum Gasteiger partial charge on any atom is 0.344 e. The molecule has 3 aromatic rings. The Morgan fingerprint density at radius 3 is 2.43 bits per heavy atom. The highest BCUT2D eigenvalue weighted by molar-refractivity contribution is 5.91. The van der Waals surface area contributed by atoms with E-state index < -0.39 is 0 Å². The van der Waals surface area contributed by atoms with Crippen LogP contribution in [0.2, 0.25) is 0 Å². The molecular formula is C24H28N2O2. The Morgan fingerprint density at radius 2 is 1.79 bits per heavy atom. The van der Waals surface area contributed by atoms with Gasteiger partial charge in [0.2, 0.25) is 5.88 Å². The standard InChI is InChI=1S/C24H28N2O2/c1-5-7-8-19-10-12-20(13-11-19)24(27)28-23-16-21(6-2)25-26(23)22-14-9-17(3)15-18(22)4/h9-16H,5-8H2,1-4H3. The van der Waals surface area contributed by atoms with Crippen molar-refractivity contribution in [2.45, 2.75) is 53.4 Å². The van der Waals surface area contributed by atoms with Crippen molar-refractivity contribution < 1.29 is 9.53 Å². The Morgan fingerprint density at radius 1 is 1.04 bits per heavy atom. The Hall–Kier alpha value is -2.88. The van der Waals surface area contributed by atoms with Crippen LogP contribution in [0, 0.1) is 13.8 Å². The molecule has 0 aliphatic carbocycles. The molecule has 4 nitrogen and oxygen atoms in total. The summed E-state index contributed by atoms with van der Waals surface area (Å²) in [5, 5.41) is 4.62. The molecule has 146 valence electrons. The summed E-state index contributed by atoms with van der Waals surface area (Å²) in [5.41, 5.74) is 5.87. The topological polar surface area (TPSA) is 44.1 Å². The minimum absolute atomic E-state index is 0.365. The third kappa shape index (κ3) is 4.50. The molecule has 4 heteroatoms. The van der Waals surface area contributed by atoms with E-state index in [0.717, 1.165) is 42.6 Å². The van der Waals surface area contributed by atoms with Crippen LogP contribution in [0.3, 0.4) is 0 Å². The first kappa shape index (κ1) is 19.9. The number of hydrogen-bond donors (Lipinski definition) is 0. The molecule has 0 amide bonds. The maximum absolute atomic E-state index is 12.7. The summed E-state index contributed by atoms with van der Waals surface area (Å²) in [4.78, 5) is 12.7. The molecule has 0 bridgehead atoms. The van der Waals surface area contributed by atoms with Gasteiger partial charge in [0.1, 0.15) is 0 Å². The number of benzene rings is 2. The highest BCUT2D eigenvalue weighted by Crippen LogP contribution is 2.24. The smallest absolute Gasteiger partial charge is 0.344 e. The van der Waals surface area contributed by atoms with Crippen LogP contribution in [0.5, 0.6) is 5.88 Å². The maximum atomic E-state index is 12.7. The van der Waals surface area contributed by atoms with Gasteiger partial charge in [0.15, 0.2) is 0 Å². The number of hydrogen-bond acceptors (Lipinski definition) is 3. The van der Waals surface area contributed by atoms with Crippen molar-refractivity contribution in [1.29, 1.82) is 0 Å². The average molecular weight is 377 g/mol. The quantitative estimate of drug-likeness (QED) is 0.503. The van der Waals surface area contributed by atoms with Crippen LogP contribution >= 0.6 is 0 Å². The molecule has 0 aliphatic rings. The van der Waals surface area contributed by atoms with Gasteiger partial charge in [0.05, 0.1) is 16.9 Å². The van der Waals surface area contributed by atoms with Gasteiger partial charge in [-0.05, 0) is 62.4 Å². The highest BCUT2D eigenvalue weighted by atomic mass is 16.5. The second-order valence-electron chi connectivity index (χ2n) is 7.22. The lowest BCUT2D eigenvalue weighted by molar-refractivity contribution is 0.0723. The second kappa shape index (κ2) is 8.87. The lowest BCUT2D eigenvalue weighted by atomic mass is 10.1. The number of carbonyl (C=O) groups excluding carboxylic acids is 1. The predicted molar refractivity (Wildman–Crippen MR) is 112 cm³/mol. The Kier molecular flexibility index (Phi) is 6.30. The van der Waals surface area contributed by atoms with Crippen molar-refractivity contribution in [3.63, 3.8) is 0 Å². The largest absolute Gasteiger partial charge is 0.404 e. The number of esters is 1. The molecular weight excluding hydrogens is 348 g/mol. The van der Waals surface area contributed by atoms with Crippen molar-refractivity contribution in [3.05, 3.63) is 76.5 Å². The summed E-state index contributed by atoms with van der Waals surface area (Å²) in [6, 6.07) is 15.7. The minimum Gasteiger partial charge on any atom is -0.404 e. The van der Waals surface area contributed by atoms with Gasteiger partial charge in [0, 0.05) is 6.07 Å². The Balaban J connectivity index is 1.85. The molecule has 0 fully saturated rings. The lowest BCUT2D eigenvalue weighted by Gasteiger charge is -2.11. The summed E-state index contributed by atoms with van der Waals surface area (Å²) >= 11 is 0. The zero-order valence-electron chi connectivity index (χ0n) is 17.2. The molecule has 0 saturated carbocycles. The van der Waals surface area contributed by atoms with E-state index in [1.807, 2.05) is 56.3 Å². The van der Waals surface area contributed by atoms with E-state index in [9.17, 15) is 4.79 Å². The first-order chi connectivity index (χ1) is 13.5. The third-order valence-electron chi connectivity index (χ3n) is 4.88. The van der Waals surface area contributed by atoms with Crippen LogP contribution in [-0.2, 0) is 12.8 Å². The first-order valence-corrected chi connectivity index (χ1v) is 9.99. The molecule has 2 aromatic carbocycles. The van der Waals surface area contributed by atoms with Crippen LogP contribution in [0.15, 0.2) is 48.5 Å². The molecule has 0 spiro atoms. The molecule has 3 rings (SSSR count). The molecule has 1 heterocycles. The van der Waals surface area contributed by atoms with Crippen LogP contribution in [0.25, 0.3) is 5.69 Å². The fourth-order valence-electron chi connectivity index (χ4n) is 3.21. The zero-order chi connectivity index (χ0) is 20.1. The van der Waals surface area contributed by atoms with Crippen LogP contribution < -0.4 is 4.74 Å². The fraction of sp³-hybridized carbons (Fsp3) is 0.333. The number of aryl methyl sites for hydroxylation is 4. The van der Waals surface area contributed by atoms with Crippen LogP contribution in [0.4, 0.5) is 0 Å². The lowest BCUT2D eigenvalue weighted by Crippen LogP contribution is -2.12. The zero-order valence-corrected chi connectivity index (χ0v) is 17.2. The average Bonchev–Trinajstić information content (AvgIpc) is 3.09. The SMILES string of the molecule is CCCCc1ccc(C(=O)Oc2cc(CC)nn2-c2ccc(C)cc2C)cc1. The van der Waals surface area contributed by atoms with Crippen molar-refractivity contribution in [1.82, 2.24) is 9.78 Å². The fourth-order valence-corrected chi connectivity index (χ4v) is 3.21. The number of nitrogens with zero attached hydrogens (tertiary/aromatic N) is 2. The van der Waals surface area contributed by atoms with Crippen molar-refractivity contribution >= 4 is 5.97 Å². The monoisotopic (exact) mass is 376 g/mol. The van der Waals surface area contributed by atoms with E-state index in [2.05, 4.69) is 25.0 Å². The normalized spacial score (nSPS) is 10.9. The first-order valence-electron chi connectivity index (χ1n) is 9.99. The van der Waals surface area contributed by atoms with Crippen molar-refractivity contribution in [2.24, 2.45) is 0 Å². The van der Waals surface area contributed by atoms with E-state index in [4.69, 9.17) is 4.74 Å². The van der Waals surface area contributed by atoms with E-state index in [1.54, 1.807) is 4.68 Å². The summed E-state index contributed by atoms with van der Waals surface area (Å²) < 4.78 is 7.46. The molecule has 28 heavy (non-hydrogen) atoms. The van der Waals surface area contributed by atoms with Crippen molar-refractivity contribution in [2.75, 3.05) is 0 Å². The number of carbonyl (C=O) groups is 1. The number of aromatic nitrogens is 2. The van der Waals surface area contributed by atoms with Gasteiger partial charge in [-0.25, -0.2) is 9.48 Å². The van der Waals surface area contributed by atoms with Gasteiger partial charge in [0.25, 0.3) is 0 Å². The summed E-state index contributed by atoms with van der Waals surface area (Å²) in [6.45, 7) is 8.31. The molecule has 0 saturated heterocycles. The number of ether oxygens (including phenoxy) is 1. The molecule has 0 N–H and O–H groups in total. The van der Waals surface area contributed by atoms with Crippen LogP contribution in [-0.4, -0.2) is 15.7 Å². The highest BCUT2D eigenvalue weighted by Gasteiger charge is 2.16. The summed E-state index contributed by atoms with van der Waals surface area (Å²) in [6.07, 6.45) is 4.12. The van der Waals surface area contributed by atoms with Crippen molar-refractivity contribution in [3.8, 4) is 11.6 Å². The number of rotatable bonds is 7. The van der Waals surface area contributed by atoms with Gasteiger partial charge in [-0.2, -0.15) is 5.10 Å². The molecule has 0 unspecified atom stereocenters.